The number of hydrogen-bond acceptors (Lipinski definition) is 3. The van der Waals surface area contributed by atoms with Gasteiger partial charge in [-0.15, -0.1) is 0 Å². The molecule has 110 valence electrons. The molecule has 0 bridgehead atoms. The molecule has 1 unspecified atom stereocenters. The Kier molecular flexibility index (Phi) is 4.71. The number of amides is 2. The second kappa shape index (κ2) is 6.50. The van der Waals surface area contributed by atoms with Crippen molar-refractivity contribution in [1.82, 2.24) is 5.32 Å². The van der Waals surface area contributed by atoms with E-state index in [9.17, 15) is 4.79 Å². The standard InChI is InChI=1S/C15H22N2O3/c1-10(2)4-5-11(3)16-15(18)17-12-6-7-13-14(8-12)20-9-19-13/h6-8,10-11H,4-5,9H2,1-3H3,(H2,16,17,18). The fourth-order valence-corrected chi connectivity index (χ4v) is 2.02. The van der Waals surface area contributed by atoms with Crippen LogP contribution in [0.25, 0.3) is 0 Å². The molecule has 0 saturated carbocycles. The summed E-state index contributed by atoms with van der Waals surface area (Å²) in [6.07, 6.45) is 2.08. The van der Waals surface area contributed by atoms with E-state index >= 15 is 0 Å². The molecule has 1 atom stereocenters. The van der Waals surface area contributed by atoms with Crippen molar-refractivity contribution in [2.24, 2.45) is 5.92 Å². The van der Waals surface area contributed by atoms with Gasteiger partial charge in [0.1, 0.15) is 0 Å². The van der Waals surface area contributed by atoms with Gasteiger partial charge in [0.25, 0.3) is 0 Å². The van der Waals surface area contributed by atoms with Gasteiger partial charge in [0.15, 0.2) is 11.5 Å². The van der Waals surface area contributed by atoms with Crippen molar-refractivity contribution in [2.45, 2.75) is 39.7 Å². The Bertz CT molecular complexity index is 474. The van der Waals surface area contributed by atoms with Crippen molar-refractivity contribution in [3.05, 3.63) is 18.2 Å². The van der Waals surface area contributed by atoms with Crippen LogP contribution in [0.15, 0.2) is 18.2 Å². The first-order valence-corrected chi connectivity index (χ1v) is 7.01. The van der Waals surface area contributed by atoms with Crippen molar-refractivity contribution in [3.8, 4) is 11.5 Å². The Morgan fingerprint density at radius 2 is 1.95 bits per heavy atom. The maximum Gasteiger partial charge on any atom is 0.319 e. The molecule has 1 aromatic carbocycles. The predicted molar refractivity (Wildman–Crippen MR) is 78.3 cm³/mol. The molecule has 2 N–H and O–H groups in total. The molecule has 5 heteroatoms. The van der Waals surface area contributed by atoms with E-state index in [-0.39, 0.29) is 18.9 Å². The van der Waals surface area contributed by atoms with Crippen LogP contribution in [0.1, 0.15) is 33.6 Å². The highest BCUT2D eigenvalue weighted by atomic mass is 16.7. The summed E-state index contributed by atoms with van der Waals surface area (Å²) in [6, 6.07) is 5.32. The minimum Gasteiger partial charge on any atom is -0.454 e. The number of anilines is 1. The van der Waals surface area contributed by atoms with E-state index in [4.69, 9.17) is 9.47 Å². The van der Waals surface area contributed by atoms with E-state index in [1.54, 1.807) is 18.2 Å². The molecule has 1 aliphatic rings. The van der Waals surface area contributed by atoms with Gasteiger partial charge in [0, 0.05) is 17.8 Å². The molecule has 0 aliphatic carbocycles. The molecule has 0 spiro atoms. The summed E-state index contributed by atoms with van der Waals surface area (Å²) >= 11 is 0. The Labute approximate surface area is 119 Å². The number of urea groups is 1. The minimum atomic E-state index is -0.194. The molecule has 0 aromatic heterocycles. The van der Waals surface area contributed by atoms with E-state index in [0.29, 0.717) is 23.1 Å². The average Bonchev–Trinajstić information content (AvgIpc) is 2.83. The van der Waals surface area contributed by atoms with Gasteiger partial charge in [-0.3, -0.25) is 0 Å². The highest BCUT2D eigenvalue weighted by Crippen LogP contribution is 2.34. The first kappa shape index (κ1) is 14.5. The summed E-state index contributed by atoms with van der Waals surface area (Å²) < 4.78 is 10.5. The molecule has 0 fully saturated rings. The summed E-state index contributed by atoms with van der Waals surface area (Å²) in [7, 11) is 0. The van der Waals surface area contributed by atoms with Crippen LogP contribution in [-0.2, 0) is 0 Å². The van der Waals surface area contributed by atoms with Crippen LogP contribution in [0, 0.1) is 5.92 Å². The van der Waals surface area contributed by atoms with Gasteiger partial charge in [0.2, 0.25) is 6.79 Å². The lowest BCUT2D eigenvalue weighted by molar-refractivity contribution is 0.174. The number of fused-ring (bicyclic) bond motifs is 1. The molecule has 2 amide bonds. The zero-order valence-corrected chi connectivity index (χ0v) is 12.2. The number of hydrogen-bond donors (Lipinski definition) is 2. The van der Waals surface area contributed by atoms with Crippen LogP contribution >= 0.6 is 0 Å². The number of carbonyl (C=O) groups excluding carboxylic acids is 1. The minimum absolute atomic E-state index is 0.159. The summed E-state index contributed by atoms with van der Waals surface area (Å²) in [5.74, 6) is 2.02. The highest BCUT2D eigenvalue weighted by molar-refractivity contribution is 5.89. The largest absolute Gasteiger partial charge is 0.454 e. The average molecular weight is 278 g/mol. The molecular weight excluding hydrogens is 256 g/mol. The SMILES string of the molecule is CC(C)CCC(C)NC(=O)Nc1ccc2c(c1)OCO2. The van der Waals surface area contributed by atoms with Gasteiger partial charge in [0.05, 0.1) is 0 Å². The van der Waals surface area contributed by atoms with Gasteiger partial charge >= 0.3 is 6.03 Å². The van der Waals surface area contributed by atoms with Gasteiger partial charge in [-0.25, -0.2) is 4.79 Å². The Morgan fingerprint density at radius 3 is 2.70 bits per heavy atom. The van der Waals surface area contributed by atoms with Gasteiger partial charge in [-0.1, -0.05) is 13.8 Å². The molecule has 0 saturated heterocycles. The lowest BCUT2D eigenvalue weighted by Crippen LogP contribution is -2.36. The van der Waals surface area contributed by atoms with Crippen LogP contribution in [0.5, 0.6) is 11.5 Å². The smallest absolute Gasteiger partial charge is 0.319 e. The molecule has 1 aromatic rings. The van der Waals surface area contributed by atoms with Crippen molar-refractivity contribution >= 4 is 11.7 Å². The Balaban J connectivity index is 1.82. The van der Waals surface area contributed by atoms with Gasteiger partial charge < -0.3 is 20.1 Å². The second-order valence-corrected chi connectivity index (χ2v) is 5.54. The zero-order chi connectivity index (χ0) is 14.5. The third-order valence-electron chi connectivity index (χ3n) is 3.18. The lowest BCUT2D eigenvalue weighted by Gasteiger charge is -2.15. The van der Waals surface area contributed by atoms with Crippen molar-refractivity contribution < 1.29 is 14.3 Å². The maximum atomic E-state index is 11.9. The van der Waals surface area contributed by atoms with E-state index in [1.165, 1.54) is 0 Å². The lowest BCUT2D eigenvalue weighted by atomic mass is 10.0. The fourth-order valence-electron chi connectivity index (χ4n) is 2.02. The number of carbonyl (C=O) groups is 1. The van der Waals surface area contributed by atoms with E-state index < -0.39 is 0 Å². The van der Waals surface area contributed by atoms with Crippen LogP contribution in [0.2, 0.25) is 0 Å². The third-order valence-corrected chi connectivity index (χ3v) is 3.18. The van der Waals surface area contributed by atoms with Crippen LogP contribution < -0.4 is 20.1 Å². The van der Waals surface area contributed by atoms with Crippen LogP contribution in [0.3, 0.4) is 0 Å². The number of rotatable bonds is 5. The molecule has 1 heterocycles. The monoisotopic (exact) mass is 278 g/mol. The summed E-state index contributed by atoms with van der Waals surface area (Å²) in [5.41, 5.74) is 0.697. The van der Waals surface area contributed by atoms with E-state index in [0.717, 1.165) is 12.8 Å². The third kappa shape index (κ3) is 4.05. The second-order valence-electron chi connectivity index (χ2n) is 5.54. The Morgan fingerprint density at radius 1 is 1.20 bits per heavy atom. The maximum absolute atomic E-state index is 11.9. The van der Waals surface area contributed by atoms with Crippen LogP contribution in [-0.4, -0.2) is 18.9 Å². The van der Waals surface area contributed by atoms with Crippen molar-refractivity contribution in [1.29, 1.82) is 0 Å². The summed E-state index contributed by atoms with van der Waals surface area (Å²) in [4.78, 5) is 11.9. The summed E-state index contributed by atoms with van der Waals surface area (Å²) in [6.45, 7) is 6.61. The first-order chi connectivity index (χ1) is 9.54. The quantitative estimate of drug-likeness (QED) is 0.868. The van der Waals surface area contributed by atoms with Gasteiger partial charge in [-0.05, 0) is 37.8 Å². The number of benzene rings is 1. The number of nitrogens with one attached hydrogen (secondary N) is 2. The van der Waals surface area contributed by atoms with Crippen molar-refractivity contribution in [2.75, 3.05) is 12.1 Å². The molecule has 20 heavy (non-hydrogen) atoms. The Hall–Kier alpha value is -1.91. The molecule has 5 nitrogen and oxygen atoms in total. The van der Waals surface area contributed by atoms with E-state index in [2.05, 4.69) is 24.5 Å². The molecule has 2 rings (SSSR count). The topological polar surface area (TPSA) is 59.6 Å². The van der Waals surface area contributed by atoms with Crippen LogP contribution in [0.4, 0.5) is 10.5 Å². The highest BCUT2D eigenvalue weighted by Gasteiger charge is 2.14. The summed E-state index contributed by atoms with van der Waals surface area (Å²) in [5, 5.41) is 5.73. The molecule has 1 aliphatic heterocycles. The number of ether oxygens (including phenoxy) is 2. The van der Waals surface area contributed by atoms with Crippen molar-refractivity contribution in [3.63, 3.8) is 0 Å². The predicted octanol–water partition coefficient (Wildman–Crippen LogP) is 3.36. The normalized spacial score (nSPS) is 14.2. The van der Waals surface area contributed by atoms with Gasteiger partial charge in [-0.2, -0.15) is 0 Å². The van der Waals surface area contributed by atoms with E-state index in [1.807, 2.05) is 6.92 Å². The first-order valence-electron chi connectivity index (χ1n) is 7.01. The fraction of sp³-hybridized carbons (Fsp3) is 0.533. The molecular formula is C15H22N2O3. The molecule has 0 radical (unpaired) electrons. The zero-order valence-electron chi connectivity index (χ0n) is 12.2.